The van der Waals surface area contributed by atoms with Crippen LogP contribution in [0.3, 0.4) is 0 Å². The van der Waals surface area contributed by atoms with Gasteiger partial charge in [-0.05, 0) is 30.6 Å². The second-order valence-electron chi connectivity index (χ2n) is 6.50. The Bertz CT molecular complexity index is 253. The molecule has 1 unspecified atom stereocenters. The first kappa shape index (κ1) is 13.5. The van der Waals surface area contributed by atoms with E-state index in [-0.39, 0.29) is 12.0 Å². The first-order valence-electron chi connectivity index (χ1n) is 6.22. The lowest BCUT2D eigenvalue weighted by Gasteiger charge is -2.31. The zero-order valence-electron chi connectivity index (χ0n) is 10.8. The highest BCUT2D eigenvalue weighted by Crippen LogP contribution is 2.43. The number of hydrogen-bond acceptors (Lipinski definition) is 2. The lowest BCUT2D eigenvalue weighted by molar-refractivity contribution is -0.150. The van der Waals surface area contributed by atoms with E-state index in [2.05, 4.69) is 20.8 Å². The number of carboxylic acids is 1. The van der Waals surface area contributed by atoms with Gasteiger partial charge in [-0.25, -0.2) is 0 Å². The quantitative estimate of drug-likeness (QED) is 0.733. The van der Waals surface area contributed by atoms with Gasteiger partial charge >= 0.3 is 5.97 Å². The predicted molar refractivity (Wildman–Crippen MR) is 65.2 cm³/mol. The maximum atomic E-state index is 11.5. The van der Waals surface area contributed by atoms with Crippen LogP contribution >= 0.6 is 0 Å². The fourth-order valence-corrected chi connectivity index (χ4v) is 2.06. The van der Waals surface area contributed by atoms with Crippen LogP contribution in [-0.2, 0) is 4.79 Å². The summed E-state index contributed by atoms with van der Waals surface area (Å²) in [7, 11) is 0. The summed E-state index contributed by atoms with van der Waals surface area (Å²) in [5, 5.41) is 9.42. The summed E-state index contributed by atoms with van der Waals surface area (Å²) in [5.74, 6) is -0.0919. The third kappa shape index (κ3) is 3.78. The predicted octanol–water partition coefficient (Wildman–Crippen LogP) is 2.64. The van der Waals surface area contributed by atoms with Crippen LogP contribution in [0.2, 0.25) is 0 Å². The molecular weight excluding hydrogens is 202 g/mol. The first-order valence-corrected chi connectivity index (χ1v) is 6.22. The zero-order valence-corrected chi connectivity index (χ0v) is 10.8. The van der Waals surface area contributed by atoms with Crippen LogP contribution in [0, 0.1) is 16.7 Å². The van der Waals surface area contributed by atoms with Gasteiger partial charge in [-0.3, -0.25) is 4.79 Å². The molecular formula is C13H25NO2. The van der Waals surface area contributed by atoms with Crippen LogP contribution in [0.4, 0.5) is 0 Å². The van der Waals surface area contributed by atoms with Crippen molar-refractivity contribution in [1.82, 2.24) is 0 Å². The number of nitrogens with two attached hydrogens (primary N) is 1. The second kappa shape index (κ2) is 4.74. The van der Waals surface area contributed by atoms with Gasteiger partial charge in [0.05, 0.1) is 5.41 Å². The summed E-state index contributed by atoms with van der Waals surface area (Å²) in [4.78, 5) is 11.5. The summed E-state index contributed by atoms with van der Waals surface area (Å²) in [5.41, 5.74) is 5.24. The summed E-state index contributed by atoms with van der Waals surface area (Å²) >= 11 is 0. The van der Waals surface area contributed by atoms with Crippen molar-refractivity contribution in [2.75, 3.05) is 6.54 Å². The average Bonchev–Trinajstić information content (AvgIpc) is 2.94. The van der Waals surface area contributed by atoms with E-state index < -0.39 is 11.4 Å². The van der Waals surface area contributed by atoms with Crippen molar-refractivity contribution < 1.29 is 9.90 Å². The van der Waals surface area contributed by atoms with Gasteiger partial charge in [0.1, 0.15) is 0 Å². The minimum Gasteiger partial charge on any atom is -0.481 e. The first-order chi connectivity index (χ1) is 7.29. The van der Waals surface area contributed by atoms with Crippen LogP contribution in [0.1, 0.15) is 52.9 Å². The fraction of sp³-hybridized carbons (Fsp3) is 0.923. The van der Waals surface area contributed by atoms with Crippen LogP contribution in [0.15, 0.2) is 0 Å². The topological polar surface area (TPSA) is 63.3 Å². The third-order valence-electron chi connectivity index (χ3n) is 3.57. The van der Waals surface area contributed by atoms with Crippen molar-refractivity contribution >= 4 is 5.97 Å². The van der Waals surface area contributed by atoms with Gasteiger partial charge in [0.15, 0.2) is 0 Å². The Morgan fingerprint density at radius 3 is 2.19 bits per heavy atom. The van der Waals surface area contributed by atoms with E-state index in [9.17, 15) is 9.90 Å². The molecule has 0 aromatic carbocycles. The van der Waals surface area contributed by atoms with Crippen molar-refractivity contribution in [2.45, 2.75) is 52.9 Å². The molecule has 0 radical (unpaired) electrons. The van der Waals surface area contributed by atoms with Gasteiger partial charge in [0.2, 0.25) is 0 Å². The SMILES string of the molecule is CC(C)(C)CCC(CN)(CC1CC1)C(=O)O. The van der Waals surface area contributed by atoms with Crippen molar-refractivity contribution in [3.8, 4) is 0 Å². The van der Waals surface area contributed by atoms with Gasteiger partial charge in [-0.15, -0.1) is 0 Å². The van der Waals surface area contributed by atoms with Gasteiger partial charge in [-0.1, -0.05) is 33.6 Å². The molecule has 0 aliphatic heterocycles. The summed E-state index contributed by atoms with van der Waals surface area (Å²) in [6.07, 6.45) is 4.77. The highest BCUT2D eigenvalue weighted by atomic mass is 16.4. The minimum absolute atomic E-state index is 0.180. The molecule has 0 aromatic rings. The maximum absolute atomic E-state index is 11.5. The number of hydrogen-bond donors (Lipinski definition) is 2. The summed E-state index contributed by atoms with van der Waals surface area (Å²) in [6, 6.07) is 0. The molecule has 1 atom stereocenters. The maximum Gasteiger partial charge on any atom is 0.310 e. The molecule has 1 aliphatic carbocycles. The van der Waals surface area contributed by atoms with E-state index in [1.54, 1.807) is 0 Å². The highest BCUT2D eigenvalue weighted by molar-refractivity contribution is 5.75. The Morgan fingerprint density at radius 2 is 1.88 bits per heavy atom. The van der Waals surface area contributed by atoms with E-state index >= 15 is 0 Å². The lowest BCUT2D eigenvalue weighted by atomic mass is 9.74. The number of aliphatic carboxylic acids is 1. The molecule has 0 spiro atoms. The number of rotatable bonds is 6. The molecule has 1 fully saturated rings. The smallest absolute Gasteiger partial charge is 0.310 e. The van der Waals surface area contributed by atoms with Gasteiger partial charge in [0.25, 0.3) is 0 Å². The Balaban J connectivity index is 2.64. The van der Waals surface area contributed by atoms with Crippen LogP contribution in [-0.4, -0.2) is 17.6 Å². The molecule has 94 valence electrons. The summed E-state index contributed by atoms with van der Waals surface area (Å²) in [6.45, 7) is 6.71. The van der Waals surface area contributed by atoms with E-state index in [0.29, 0.717) is 12.3 Å². The summed E-state index contributed by atoms with van der Waals surface area (Å²) < 4.78 is 0. The van der Waals surface area contributed by atoms with Crippen LogP contribution in [0.5, 0.6) is 0 Å². The molecule has 0 amide bonds. The lowest BCUT2D eigenvalue weighted by Crippen LogP contribution is -2.40. The molecule has 3 N–H and O–H groups in total. The van der Waals surface area contributed by atoms with Crippen molar-refractivity contribution in [3.05, 3.63) is 0 Å². The van der Waals surface area contributed by atoms with E-state index in [1.807, 2.05) is 0 Å². The number of carbonyl (C=O) groups is 1. The molecule has 16 heavy (non-hydrogen) atoms. The molecule has 1 aliphatic rings. The molecule has 0 saturated heterocycles. The average molecular weight is 227 g/mol. The van der Waals surface area contributed by atoms with E-state index in [4.69, 9.17) is 5.73 Å². The van der Waals surface area contributed by atoms with Gasteiger partial charge in [0, 0.05) is 6.54 Å². The molecule has 1 saturated carbocycles. The molecule has 0 aromatic heterocycles. The monoisotopic (exact) mass is 227 g/mol. The second-order valence-corrected chi connectivity index (χ2v) is 6.50. The normalized spacial score (nSPS) is 20.5. The third-order valence-corrected chi connectivity index (χ3v) is 3.57. The molecule has 0 bridgehead atoms. The minimum atomic E-state index is -0.703. The molecule has 1 rings (SSSR count). The van der Waals surface area contributed by atoms with E-state index in [1.165, 1.54) is 12.8 Å². The number of carboxylic acid groups (broad SMARTS) is 1. The highest BCUT2D eigenvalue weighted by Gasteiger charge is 2.42. The van der Waals surface area contributed by atoms with Gasteiger partial charge < -0.3 is 10.8 Å². The Kier molecular flexibility index (Phi) is 4.00. The van der Waals surface area contributed by atoms with Crippen molar-refractivity contribution in [2.24, 2.45) is 22.5 Å². The largest absolute Gasteiger partial charge is 0.481 e. The fourth-order valence-electron chi connectivity index (χ4n) is 2.06. The van der Waals surface area contributed by atoms with Crippen molar-refractivity contribution in [3.63, 3.8) is 0 Å². The molecule has 3 heteroatoms. The Morgan fingerprint density at radius 1 is 1.31 bits per heavy atom. The van der Waals surface area contributed by atoms with E-state index in [0.717, 1.165) is 12.8 Å². The molecule has 3 nitrogen and oxygen atoms in total. The Hall–Kier alpha value is -0.570. The molecule has 0 heterocycles. The standard InChI is InChI=1S/C13H25NO2/c1-12(2,3)6-7-13(9-14,11(15)16)8-10-4-5-10/h10H,4-9,14H2,1-3H3,(H,15,16). The van der Waals surface area contributed by atoms with Crippen molar-refractivity contribution in [1.29, 1.82) is 0 Å². The van der Waals surface area contributed by atoms with Gasteiger partial charge in [-0.2, -0.15) is 0 Å². The van der Waals surface area contributed by atoms with Crippen LogP contribution in [0.25, 0.3) is 0 Å². The van der Waals surface area contributed by atoms with Crippen LogP contribution < -0.4 is 5.73 Å². The zero-order chi connectivity index (χ0) is 12.4. The Labute approximate surface area is 98.4 Å².